The molecular weight excluding hydrogens is 278 g/mol. The molecule has 1 aromatic carbocycles. The lowest BCUT2D eigenvalue weighted by Gasteiger charge is -2.08. The quantitative estimate of drug-likeness (QED) is 0.603. The smallest absolute Gasteiger partial charge is 0.331 e. The van der Waals surface area contributed by atoms with Crippen LogP contribution in [0.5, 0.6) is 5.75 Å². The van der Waals surface area contributed by atoms with Gasteiger partial charge in [0.1, 0.15) is 12.4 Å². The predicted octanol–water partition coefficient (Wildman–Crippen LogP) is 3.63. The average molecular weight is 297 g/mol. The Bertz CT molecular complexity index is 650. The maximum Gasteiger partial charge on any atom is 0.331 e. The fourth-order valence-corrected chi connectivity index (χ4v) is 1.92. The Labute approximate surface area is 130 Å². The molecule has 0 saturated carbocycles. The number of pyridine rings is 1. The van der Waals surface area contributed by atoms with Gasteiger partial charge in [0.25, 0.3) is 0 Å². The summed E-state index contributed by atoms with van der Waals surface area (Å²) in [7, 11) is 0. The third-order valence-corrected chi connectivity index (χ3v) is 3.02. The van der Waals surface area contributed by atoms with E-state index in [4.69, 9.17) is 9.47 Å². The Hall–Kier alpha value is -2.62. The van der Waals surface area contributed by atoms with Gasteiger partial charge in [-0.2, -0.15) is 0 Å². The van der Waals surface area contributed by atoms with E-state index in [0.29, 0.717) is 13.2 Å². The van der Waals surface area contributed by atoms with Crippen molar-refractivity contribution >= 4 is 11.5 Å². The van der Waals surface area contributed by atoms with Crippen molar-refractivity contribution in [1.82, 2.24) is 4.98 Å². The van der Waals surface area contributed by atoms with Gasteiger partial charge < -0.3 is 9.47 Å². The molecule has 0 unspecified atom stereocenters. The highest BCUT2D eigenvalue weighted by Crippen LogP contribution is 2.20. The first-order valence-corrected chi connectivity index (χ1v) is 7.17. The summed E-state index contributed by atoms with van der Waals surface area (Å²) in [5.74, 6) is 0.402. The zero-order valence-electron chi connectivity index (χ0n) is 12.8. The molecule has 0 bridgehead atoms. The molecule has 1 heterocycles. The van der Waals surface area contributed by atoms with Crippen molar-refractivity contribution in [3.8, 4) is 5.75 Å². The first-order chi connectivity index (χ1) is 10.7. The van der Waals surface area contributed by atoms with Crippen molar-refractivity contribution in [3.05, 3.63) is 66.0 Å². The van der Waals surface area contributed by atoms with Crippen LogP contribution in [-0.2, 0) is 16.1 Å². The Morgan fingerprint density at radius 3 is 2.82 bits per heavy atom. The highest BCUT2D eigenvalue weighted by Gasteiger charge is 2.03. The molecule has 0 N–H and O–H groups in total. The fourth-order valence-electron chi connectivity index (χ4n) is 1.92. The minimum atomic E-state index is -0.334. The number of benzene rings is 1. The summed E-state index contributed by atoms with van der Waals surface area (Å²) >= 11 is 0. The number of hydrogen-bond donors (Lipinski definition) is 0. The van der Waals surface area contributed by atoms with Crippen molar-refractivity contribution in [2.24, 2.45) is 0 Å². The van der Waals surface area contributed by atoms with E-state index in [2.05, 4.69) is 4.98 Å². The highest BCUT2D eigenvalue weighted by atomic mass is 16.5. The maximum absolute atomic E-state index is 11.5. The molecule has 4 heteroatoms. The van der Waals surface area contributed by atoms with Crippen LogP contribution in [0.3, 0.4) is 0 Å². The van der Waals surface area contributed by atoms with Crippen molar-refractivity contribution in [2.75, 3.05) is 6.61 Å². The molecular formula is C18H19NO3. The molecule has 0 atom stereocenters. The number of esters is 1. The summed E-state index contributed by atoms with van der Waals surface area (Å²) in [5.41, 5.74) is 2.63. The topological polar surface area (TPSA) is 48.4 Å². The van der Waals surface area contributed by atoms with Crippen LogP contribution in [0.15, 0.2) is 54.7 Å². The molecule has 0 aliphatic rings. The van der Waals surface area contributed by atoms with Gasteiger partial charge >= 0.3 is 5.97 Å². The SMILES string of the molecule is CCOC(=O)/C=C(\C)c1cccc(OCc2ccccn2)c1. The average Bonchev–Trinajstić information content (AvgIpc) is 2.54. The predicted molar refractivity (Wildman–Crippen MR) is 85.3 cm³/mol. The monoisotopic (exact) mass is 297 g/mol. The summed E-state index contributed by atoms with van der Waals surface area (Å²) in [6.07, 6.45) is 3.22. The van der Waals surface area contributed by atoms with Gasteiger partial charge in [0.05, 0.1) is 12.3 Å². The van der Waals surface area contributed by atoms with Crippen LogP contribution >= 0.6 is 0 Å². The second-order valence-corrected chi connectivity index (χ2v) is 4.72. The number of hydrogen-bond acceptors (Lipinski definition) is 4. The largest absolute Gasteiger partial charge is 0.487 e. The molecule has 2 rings (SSSR count). The fraction of sp³-hybridized carbons (Fsp3) is 0.222. The number of nitrogens with zero attached hydrogens (tertiary/aromatic N) is 1. The zero-order chi connectivity index (χ0) is 15.8. The van der Waals surface area contributed by atoms with Gasteiger partial charge in [-0.05, 0) is 49.2 Å². The first-order valence-electron chi connectivity index (χ1n) is 7.17. The van der Waals surface area contributed by atoms with E-state index in [1.807, 2.05) is 49.4 Å². The lowest BCUT2D eigenvalue weighted by molar-refractivity contribution is -0.137. The molecule has 114 valence electrons. The van der Waals surface area contributed by atoms with Crippen molar-refractivity contribution in [2.45, 2.75) is 20.5 Å². The highest BCUT2D eigenvalue weighted by molar-refractivity contribution is 5.90. The molecule has 4 nitrogen and oxygen atoms in total. The number of aromatic nitrogens is 1. The molecule has 0 aliphatic heterocycles. The van der Waals surface area contributed by atoms with Gasteiger partial charge in [0.2, 0.25) is 0 Å². The number of ether oxygens (including phenoxy) is 2. The Morgan fingerprint density at radius 2 is 2.09 bits per heavy atom. The molecule has 22 heavy (non-hydrogen) atoms. The van der Waals surface area contributed by atoms with E-state index in [1.165, 1.54) is 6.08 Å². The Morgan fingerprint density at radius 1 is 1.23 bits per heavy atom. The van der Waals surface area contributed by atoms with E-state index in [9.17, 15) is 4.79 Å². The summed E-state index contributed by atoms with van der Waals surface area (Å²) in [4.78, 5) is 15.7. The first kappa shape index (κ1) is 15.8. The molecule has 0 spiro atoms. The van der Waals surface area contributed by atoms with E-state index in [-0.39, 0.29) is 5.97 Å². The second kappa shape index (κ2) is 7.98. The van der Waals surface area contributed by atoms with Crippen LogP contribution in [0.25, 0.3) is 5.57 Å². The molecule has 0 amide bonds. The van der Waals surface area contributed by atoms with Crippen molar-refractivity contribution in [3.63, 3.8) is 0 Å². The van der Waals surface area contributed by atoms with Crippen LogP contribution in [0, 0.1) is 0 Å². The number of allylic oxidation sites excluding steroid dienone is 1. The number of rotatable bonds is 6. The van der Waals surface area contributed by atoms with Crippen molar-refractivity contribution < 1.29 is 14.3 Å². The third kappa shape index (κ3) is 4.74. The van der Waals surface area contributed by atoms with Gasteiger partial charge in [0.15, 0.2) is 0 Å². The molecule has 1 aromatic heterocycles. The lowest BCUT2D eigenvalue weighted by Crippen LogP contribution is -2.00. The van der Waals surface area contributed by atoms with Gasteiger partial charge in [-0.1, -0.05) is 18.2 Å². The van der Waals surface area contributed by atoms with Gasteiger partial charge in [-0.15, -0.1) is 0 Å². The van der Waals surface area contributed by atoms with Gasteiger partial charge in [0, 0.05) is 12.3 Å². The molecule has 0 aliphatic carbocycles. The van der Waals surface area contributed by atoms with Crippen LogP contribution in [0.1, 0.15) is 25.1 Å². The summed E-state index contributed by atoms with van der Waals surface area (Å²) < 4.78 is 10.6. The minimum Gasteiger partial charge on any atom is -0.487 e. The van der Waals surface area contributed by atoms with Crippen LogP contribution in [-0.4, -0.2) is 17.6 Å². The van der Waals surface area contributed by atoms with E-state index in [0.717, 1.165) is 22.6 Å². The van der Waals surface area contributed by atoms with Gasteiger partial charge in [-0.25, -0.2) is 4.79 Å². The summed E-state index contributed by atoms with van der Waals surface area (Å²) in [5, 5.41) is 0. The van der Waals surface area contributed by atoms with Crippen molar-refractivity contribution in [1.29, 1.82) is 0 Å². The molecule has 2 aromatic rings. The van der Waals surface area contributed by atoms with E-state index < -0.39 is 0 Å². The summed E-state index contributed by atoms with van der Waals surface area (Å²) in [6, 6.07) is 13.3. The lowest BCUT2D eigenvalue weighted by atomic mass is 10.1. The van der Waals surface area contributed by atoms with E-state index in [1.54, 1.807) is 13.1 Å². The van der Waals surface area contributed by atoms with Gasteiger partial charge in [-0.3, -0.25) is 4.98 Å². The van der Waals surface area contributed by atoms with Crippen LogP contribution in [0.4, 0.5) is 0 Å². The summed E-state index contributed by atoms with van der Waals surface area (Å²) in [6.45, 7) is 4.43. The normalized spacial score (nSPS) is 11.1. The Balaban J connectivity index is 2.05. The van der Waals surface area contributed by atoms with Crippen LogP contribution in [0.2, 0.25) is 0 Å². The molecule has 0 fully saturated rings. The maximum atomic E-state index is 11.5. The molecule has 0 saturated heterocycles. The number of carbonyl (C=O) groups is 1. The number of carbonyl (C=O) groups excluding carboxylic acids is 1. The van der Waals surface area contributed by atoms with E-state index >= 15 is 0 Å². The molecule has 0 radical (unpaired) electrons. The third-order valence-electron chi connectivity index (χ3n) is 3.02. The standard InChI is InChI=1S/C18H19NO3/c1-3-21-18(20)11-14(2)15-7-6-9-17(12-15)22-13-16-8-4-5-10-19-16/h4-12H,3,13H2,1-2H3/b14-11+. The second-order valence-electron chi connectivity index (χ2n) is 4.72. The zero-order valence-corrected chi connectivity index (χ0v) is 12.8. The Kier molecular flexibility index (Phi) is 5.72. The van der Waals surface area contributed by atoms with Crippen LogP contribution < -0.4 is 4.74 Å². The minimum absolute atomic E-state index is 0.334.